The van der Waals surface area contributed by atoms with Crippen molar-refractivity contribution in [1.82, 2.24) is 19.2 Å². The van der Waals surface area contributed by atoms with Gasteiger partial charge in [-0.2, -0.15) is 5.10 Å². The Bertz CT molecular complexity index is 647. The van der Waals surface area contributed by atoms with Crippen molar-refractivity contribution in [2.45, 2.75) is 70.4 Å². The molecule has 0 radical (unpaired) electrons. The first-order chi connectivity index (χ1) is 12.2. The van der Waals surface area contributed by atoms with Crippen LogP contribution in [0.4, 0.5) is 0 Å². The van der Waals surface area contributed by atoms with Gasteiger partial charge in [-0.3, -0.25) is 9.36 Å². The summed E-state index contributed by atoms with van der Waals surface area (Å²) in [6, 6.07) is 0.296. The minimum atomic E-state index is -0.0241. The van der Waals surface area contributed by atoms with Crippen LogP contribution in [-0.2, 0) is 16.1 Å². The molecule has 1 saturated heterocycles. The van der Waals surface area contributed by atoms with Crippen molar-refractivity contribution in [1.29, 1.82) is 0 Å². The molecule has 2 aliphatic rings. The van der Waals surface area contributed by atoms with E-state index in [1.165, 1.54) is 4.68 Å². The number of aromatic nitrogens is 3. The van der Waals surface area contributed by atoms with Crippen LogP contribution in [0.2, 0.25) is 0 Å². The Hall–Kier alpha value is -1.63. The first kappa shape index (κ1) is 18.2. The Balaban J connectivity index is 1.78. The summed E-state index contributed by atoms with van der Waals surface area (Å²) in [4.78, 5) is 27.1. The molecule has 7 heteroatoms. The zero-order valence-corrected chi connectivity index (χ0v) is 15.4. The molecule has 7 nitrogen and oxygen atoms in total. The summed E-state index contributed by atoms with van der Waals surface area (Å²) in [5.74, 6) is 1.28. The molecular weight excluding hydrogens is 320 g/mol. The number of nitrogens with zero attached hydrogens (tertiary/aromatic N) is 4. The van der Waals surface area contributed by atoms with E-state index in [0.29, 0.717) is 32.2 Å². The molecular formula is C18H30N4O3. The number of methoxy groups -OCH3 is 1. The van der Waals surface area contributed by atoms with Crippen LogP contribution < -0.4 is 5.69 Å². The van der Waals surface area contributed by atoms with Crippen molar-refractivity contribution < 1.29 is 9.53 Å². The number of piperidine rings is 1. The molecule has 1 aliphatic heterocycles. The minimum Gasteiger partial charge on any atom is -0.383 e. The standard InChI is InChI=1S/C18H30N4O3/c1-3-4-7-16(23)20-10-5-6-14(13-20)17-19-21(11-12-25-2)18(24)22(17)15-8-9-15/h14-15H,3-13H2,1-2H3. The van der Waals surface area contributed by atoms with E-state index in [-0.39, 0.29) is 17.5 Å². The molecule has 1 aromatic heterocycles. The molecule has 140 valence electrons. The van der Waals surface area contributed by atoms with Crippen LogP contribution in [-0.4, -0.2) is 52.0 Å². The Morgan fingerprint density at radius 1 is 1.32 bits per heavy atom. The molecule has 1 amide bonds. The van der Waals surface area contributed by atoms with Gasteiger partial charge >= 0.3 is 5.69 Å². The lowest BCUT2D eigenvalue weighted by atomic mass is 9.96. The normalized spacial score (nSPS) is 20.9. The van der Waals surface area contributed by atoms with Gasteiger partial charge in [-0.1, -0.05) is 13.3 Å². The predicted octanol–water partition coefficient (Wildman–Crippen LogP) is 1.92. The van der Waals surface area contributed by atoms with E-state index in [9.17, 15) is 9.59 Å². The molecule has 1 saturated carbocycles. The van der Waals surface area contributed by atoms with Gasteiger partial charge in [0.25, 0.3) is 0 Å². The second-order valence-corrected chi connectivity index (χ2v) is 7.24. The van der Waals surface area contributed by atoms with Gasteiger partial charge < -0.3 is 9.64 Å². The highest BCUT2D eigenvalue weighted by Crippen LogP contribution is 2.37. The maximum absolute atomic E-state index is 12.7. The second-order valence-electron chi connectivity index (χ2n) is 7.24. The van der Waals surface area contributed by atoms with E-state index < -0.39 is 0 Å². The fourth-order valence-electron chi connectivity index (χ4n) is 3.62. The van der Waals surface area contributed by atoms with Crippen LogP contribution in [0.25, 0.3) is 0 Å². The van der Waals surface area contributed by atoms with Crippen LogP contribution in [0.1, 0.15) is 69.7 Å². The van der Waals surface area contributed by atoms with Gasteiger partial charge in [0.1, 0.15) is 5.82 Å². The highest BCUT2D eigenvalue weighted by Gasteiger charge is 2.35. The molecule has 2 fully saturated rings. The van der Waals surface area contributed by atoms with Crippen LogP contribution in [0, 0.1) is 0 Å². The van der Waals surface area contributed by atoms with Crippen LogP contribution in [0.3, 0.4) is 0 Å². The zero-order chi connectivity index (χ0) is 17.8. The molecule has 1 aromatic rings. The largest absolute Gasteiger partial charge is 0.383 e. The van der Waals surface area contributed by atoms with E-state index in [1.807, 2.05) is 9.47 Å². The van der Waals surface area contributed by atoms with Gasteiger partial charge in [-0.25, -0.2) is 9.48 Å². The smallest absolute Gasteiger partial charge is 0.346 e. The van der Waals surface area contributed by atoms with Gasteiger partial charge in [-0.05, 0) is 32.1 Å². The summed E-state index contributed by atoms with van der Waals surface area (Å²) < 4.78 is 8.52. The third-order valence-corrected chi connectivity index (χ3v) is 5.20. The van der Waals surface area contributed by atoms with Crippen molar-refractivity contribution in [2.75, 3.05) is 26.8 Å². The van der Waals surface area contributed by atoms with Crippen molar-refractivity contribution >= 4 is 5.91 Å². The summed E-state index contributed by atoms with van der Waals surface area (Å²) in [6.45, 7) is 4.58. The predicted molar refractivity (Wildman–Crippen MR) is 94.7 cm³/mol. The molecule has 2 heterocycles. The molecule has 0 aromatic carbocycles. The Labute approximate surface area is 148 Å². The lowest BCUT2D eigenvalue weighted by Crippen LogP contribution is -2.40. The molecule has 0 bridgehead atoms. The van der Waals surface area contributed by atoms with Crippen molar-refractivity contribution in [3.63, 3.8) is 0 Å². The number of carbonyl (C=O) groups excluding carboxylic acids is 1. The Morgan fingerprint density at radius 2 is 2.12 bits per heavy atom. The van der Waals surface area contributed by atoms with E-state index in [2.05, 4.69) is 12.0 Å². The molecule has 0 N–H and O–H groups in total. The average Bonchev–Trinajstić information content (AvgIpc) is 3.41. The molecule has 1 atom stereocenters. The van der Waals surface area contributed by atoms with E-state index in [0.717, 1.165) is 50.9 Å². The topological polar surface area (TPSA) is 69.4 Å². The van der Waals surface area contributed by atoms with E-state index >= 15 is 0 Å². The molecule has 3 rings (SSSR count). The maximum atomic E-state index is 12.7. The summed E-state index contributed by atoms with van der Waals surface area (Å²) in [5, 5.41) is 4.64. The summed E-state index contributed by atoms with van der Waals surface area (Å²) in [5.41, 5.74) is -0.0241. The Morgan fingerprint density at radius 3 is 2.80 bits per heavy atom. The zero-order valence-electron chi connectivity index (χ0n) is 15.4. The van der Waals surface area contributed by atoms with Crippen LogP contribution in [0.5, 0.6) is 0 Å². The third-order valence-electron chi connectivity index (χ3n) is 5.20. The second kappa shape index (κ2) is 8.17. The first-order valence-corrected chi connectivity index (χ1v) is 9.61. The number of amides is 1. The lowest BCUT2D eigenvalue weighted by molar-refractivity contribution is -0.132. The number of ether oxygens (including phenoxy) is 1. The highest BCUT2D eigenvalue weighted by molar-refractivity contribution is 5.76. The SMILES string of the molecule is CCCCC(=O)N1CCCC(c2nn(CCOC)c(=O)n2C2CC2)C1. The van der Waals surface area contributed by atoms with Gasteiger partial charge in [0.15, 0.2) is 0 Å². The first-order valence-electron chi connectivity index (χ1n) is 9.61. The third kappa shape index (κ3) is 4.14. The van der Waals surface area contributed by atoms with Crippen molar-refractivity contribution in [2.24, 2.45) is 0 Å². The monoisotopic (exact) mass is 350 g/mol. The molecule has 1 aliphatic carbocycles. The minimum absolute atomic E-state index is 0.0241. The fraction of sp³-hybridized carbons (Fsp3) is 0.833. The Kier molecular flexibility index (Phi) is 5.93. The number of carbonyl (C=O) groups is 1. The summed E-state index contributed by atoms with van der Waals surface area (Å²) in [6.07, 6.45) is 6.67. The van der Waals surface area contributed by atoms with Crippen molar-refractivity contribution in [3.8, 4) is 0 Å². The van der Waals surface area contributed by atoms with Crippen LogP contribution in [0.15, 0.2) is 4.79 Å². The highest BCUT2D eigenvalue weighted by atomic mass is 16.5. The van der Waals surface area contributed by atoms with E-state index in [4.69, 9.17) is 4.74 Å². The average molecular weight is 350 g/mol. The quantitative estimate of drug-likeness (QED) is 0.718. The van der Waals surface area contributed by atoms with Crippen molar-refractivity contribution in [3.05, 3.63) is 16.3 Å². The van der Waals surface area contributed by atoms with Gasteiger partial charge in [0.05, 0.1) is 13.2 Å². The van der Waals surface area contributed by atoms with Crippen LogP contribution >= 0.6 is 0 Å². The number of unbranched alkanes of at least 4 members (excludes halogenated alkanes) is 1. The van der Waals surface area contributed by atoms with Gasteiger partial charge in [-0.15, -0.1) is 0 Å². The molecule has 0 spiro atoms. The maximum Gasteiger partial charge on any atom is 0.346 e. The fourth-order valence-corrected chi connectivity index (χ4v) is 3.62. The number of likely N-dealkylation sites (tertiary alicyclic amines) is 1. The van der Waals surface area contributed by atoms with Gasteiger partial charge in [0.2, 0.25) is 5.91 Å². The summed E-state index contributed by atoms with van der Waals surface area (Å²) >= 11 is 0. The van der Waals surface area contributed by atoms with E-state index in [1.54, 1.807) is 7.11 Å². The number of hydrogen-bond donors (Lipinski definition) is 0. The molecule has 25 heavy (non-hydrogen) atoms. The lowest BCUT2D eigenvalue weighted by Gasteiger charge is -2.32. The number of hydrogen-bond acceptors (Lipinski definition) is 4. The molecule has 1 unspecified atom stereocenters. The summed E-state index contributed by atoms with van der Waals surface area (Å²) in [7, 11) is 1.63. The van der Waals surface area contributed by atoms with Gasteiger partial charge in [0, 0.05) is 38.6 Å². The number of rotatable bonds is 8.